The van der Waals surface area contributed by atoms with Gasteiger partial charge in [0.05, 0.1) is 12.6 Å². The maximum Gasteiger partial charge on any atom is 0.0626 e. The van der Waals surface area contributed by atoms with E-state index in [9.17, 15) is 5.11 Å². The van der Waals surface area contributed by atoms with Crippen molar-refractivity contribution < 1.29 is 5.11 Å². The monoisotopic (exact) mass is 297 g/mol. The summed E-state index contributed by atoms with van der Waals surface area (Å²) >= 11 is 1.81. The second kappa shape index (κ2) is 6.39. The Bertz CT molecular complexity index is 674. The summed E-state index contributed by atoms with van der Waals surface area (Å²) in [5, 5.41) is 14.5. The Hall–Kier alpha value is -1.68. The van der Waals surface area contributed by atoms with E-state index in [1.807, 2.05) is 41.7 Å². The quantitative estimate of drug-likeness (QED) is 0.736. The van der Waals surface area contributed by atoms with E-state index < -0.39 is 0 Å². The molecule has 0 spiro atoms. The van der Waals surface area contributed by atoms with Gasteiger partial charge in [-0.25, -0.2) is 0 Å². The normalized spacial score (nSPS) is 14.2. The minimum Gasteiger partial charge on any atom is -0.394 e. The molecule has 2 aromatic carbocycles. The Morgan fingerprint density at radius 3 is 2.48 bits per heavy atom. The first-order valence-electron chi connectivity index (χ1n) is 7.18. The molecule has 2 atom stereocenters. The SMILES string of the molecule is CC(NC(CO)c1ccccc1)c1cc2ccccc2s1. The lowest BCUT2D eigenvalue weighted by molar-refractivity contribution is 0.236. The van der Waals surface area contributed by atoms with Crippen molar-refractivity contribution in [3.05, 3.63) is 71.1 Å². The van der Waals surface area contributed by atoms with Gasteiger partial charge in [0.2, 0.25) is 0 Å². The lowest BCUT2D eigenvalue weighted by Crippen LogP contribution is -2.26. The second-order valence-electron chi connectivity index (χ2n) is 5.22. The van der Waals surface area contributed by atoms with Crippen molar-refractivity contribution >= 4 is 21.4 Å². The van der Waals surface area contributed by atoms with Crippen LogP contribution in [0.3, 0.4) is 0 Å². The molecule has 0 fully saturated rings. The van der Waals surface area contributed by atoms with E-state index in [2.05, 4.69) is 42.6 Å². The summed E-state index contributed by atoms with van der Waals surface area (Å²) in [6, 6.07) is 20.9. The summed E-state index contributed by atoms with van der Waals surface area (Å²) < 4.78 is 1.31. The van der Waals surface area contributed by atoms with Gasteiger partial charge in [0, 0.05) is 15.6 Å². The van der Waals surface area contributed by atoms with E-state index in [4.69, 9.17) is 0 Å². The molecule has 2 N–H and O–H groups in total. The van der Waals surface area contributed by atoms with Gasteiger partial charge in [-0.05, 0) is 30.0 Å². The van der Waals surface area contributed by atoms with Crippen LogP contribution in [0, 0.1) is 0 Å². The molecular weight excluding hydrogens is 278 g/mol. The first kappa shape index (κ1) is 14.3. The average Bonchev–Trinajstić information content (AvgIpc) is 2.97. The fourth-order valence-corrected chi connectivity index (χ4v) is 3.62. The first-order chi connectivity index (χ1) is 10.3. The smallest absolute Gasteiger partial charge is 0.0626 e. The molecule has 1 aromatic heterocycles. The number of aliphatic hydroxyl groups is 1. The number of fused-ring (bicyclic) bond motifs is 1. The summed E-state index contributed by atoms with van der Waals surface area (Å²) in [5.41, 5.74) is 1.12. The van der Waals surface area contributed by atoms with Gasteiger partial charge in [-0.15, -0.1) is 11.3 Å². The summed E-state index contributed by atoms with van der Waals surface area (Å²) in [4.78, 5) is 1.30. The van der Waals surface area contributed by atoms with Crippen molar-refractivity contribution in [3.63, 3.8) is 0 Å². The third kappa shape index (κ3) is 3.16. The molecule has 0 aliphatic rings. The highest BCUT2D eigenvalue weighted by atomic mass is 32.1. The fraction of sp³-hybridized carbons (Fsp3) is 0.222. The summed E-state index contributed by atoms with van der Waals surface area (Å²) in [7, 11) is 0. The van der Waals surface area contributed by atoms with E-state index in [0.717, 1.165) is 5.56 Å². The molecule has 0 amide bonds. The first-order valence-corrected chi connectivity index (χ1v) is 8.00. The van der Waals surface area contributed by atoms with Gasteiger partial charge in [-0.3, -0.25) is 0 Å². The van der Waals surface area contributed by atoms with E-state index >= 15 is 0 Å². The molecule has 3 rings (SSSR count). The largest absolute Gasteiger partial charge is 0.394 e. The Morgan fingerprint density at radius 1 is 1.05 bits per heavy atom. The number of aliphatic hydroxyl groups excluding tert-OH is 1. The van der Waals surface area contributed by atoms with Crippen LogP contribution in [0.15, 0.2) is 60.7 Å². The highest BCUT2D eigenvalue weighted by Gasteiger charge is 2.16. The fourth-order valence-electron chi connectivity index (χ4n) is 2.54. The van der Waals surface area contributed by atoms with Gasteiger partial charge in [-0.1, -0.05) is 48.5 Å². The minimum absolute atomic E-state index is 0.0357. The molecule has 1 heterocycles. The van der Waals surface area contributed by atoms with Gasteiger partial charge in [-0.2, -0.15) is 0 Å². The predicted octanol–water partition coefficient (Wildman–Crippen LogP) is 4.29. The van der Waals surface area contributed by atoms with Crippen LogP contribution in [0.1, 0.15) is 29.4 Å². The molecule has 2 unspecified atom stereocenters. The Kier molecular flexibility index (Phi) is 4.34. The molecule has 21 heavy (non-hydrogen) atoms. The molecule has 0 saturated heterocycles. The van der Waals surface area contributed by atoms with Crippen molar-refractivity contribution in [2.75, 3.05) is 6.61 Å². The van der Waals surface area contributed by atoms with Crippen molar-refractivity contribution in [1.29, 1.82) is 0 Å². The molecule has 0 aliphatic heterocycles. The Labute approximate surface area is 129 Å². The van der Waals surface area contributed by atoms with Crippen LogP contribution in [0.2, 0.25) is 0 Å². The van der Waals surface area contributed by atoms with Crippen LogP contribution in [-0.4, -0.2) is 11.7 Å². The molecule has 3 heteroatoms. The van der Waals surface area contributed by atoms with Gasteiger partial charge < -0.3 is 10.4 Å². The number of rotatable bonds is 5. The number of hydrogen-bond acceptors (Lipinski definition) is 3. The maximum atomic E-state index is 9.66. The topological polar surface area (TPSA) is 32.3 Å². The standard InChI is InChI=1S/C18H19NOS/c1-13(18-11-15-9-5-6-10-17(15)21-18)19-16(12-20)14-7-3-2-4-8-14/h2-11,13,16,19-20H,12H2,1H3. The molecule has 0 aliphatic carbocycles. The van der Waals surface area contributed by atoms with Crippen molar-refractivity contribution in [3.8, 4) is 0 Å². The minimum atomic E-state index is -0.0357. The van der Waals surface area contributed by atoms with Gasteiger partial charge in [0.25, 0.3) is 0 Å². The Morgan fingerprint density at radius 2 is 1.76 bits per heavy atom. The lowest BCUT2D eigenvalue weighted by atomic mass is 10.1. The summed E-state index contributed by atoms with van der Waals surface area (Å²) in [6.07, 6.45) is 0. The average molecular weight is 297 g/mol. The van der Waals surface area contributed by atoms with Crippen LogP contribution < -0.4 is 5.32 Å². The molecule has 0 bridgehead atoms. The summed E-state index contributed by atoms with van der Waals surface area (Å²) in [5.74, 6) is 0. The number of nitrogens with one attached hydrogen (secondary N) is 1. The van der Waals surface area contributed by atoms with Crippen LogP contribution in [0.4, 0.5) is 0 Å². The van der Waals surface area contributed by atoms with Crippen molar-refractivity contribution in [2.45, 2.75) is 19.0 Å². The molecule has 2 nitrogen and oxygen atoms in total. The van der Waals surface area contributed by atoms with Gasteiger partial charge >= 0.3 is 0 Å². The zero-order valence-corrected chi connectivity index (χ0v) is 12.8. The third-order valence-corrected chi connectivity index (χ3v) is 5.01. The van der Waals surface area contributed by atoms with Gasteiger partial charge in [0.15, 0.2) is 0 Å². The zero-order chi connectivity index (χ0) is 14.7. The van der Waals surface area contributed by atoms with Crippen LogP contribution in [0.25, 0.3) is 10.1 Å². The summed E-state index contributed by atoms with van der Waals surface area (Å²) in [6.45, 7) is 2.25. The van der Waals surface area contributed by atoms with Crippen molar-refractivity contribution in [2.24, 2.45) is 0 Å². The predicted molar refractivity (Wildman–Crippen MR) is 89.6 cm³/mol. The molecule has 3 aromatic rings. The van der Waals surface area contributed by atoms with Crippen LogP contribution in [-0.2, 0) is 0 Å². The van der Waals surface area contributed by atoms with E-state index in [1.165, 1.54) is 15.0 Å². The molecule has 0 radical (unpaired) electrons. The van der Waals surface area contributed by atoms with Crippen LogP contribution >= 0.6 is 11.3 Å². The number of benzene rings is 2. The molecule has 0 saturated carbocycles. The zero-order valence-electron chi connectivity index (χ0n) is 12.0. The second-order valence-corrected chi connectivity index (χ2v) is 6.34. The maximum absolute atomic E-state index is 9.66. The Balaban J connectivity index is 1.79. The van der Waals surface area contributed by atoms with Gasteiger partial charge in [0.1, 0.15) is 0 Å². The van der Waals surface area contributed by atoms with Crippen LogP contribution in [0.5, 0.6) is 0 Å². The number of thiophene rings is 1. The highest BCUT2D eigenvalue weighted by Crippen LogP contribution is 2.30. The number of hydrogen-bond donors (Lipinski definition) is 2. The lowest BCUT2D eigenvalue weighted by Gasteiger charge is -2.21. The molecular formula is C18H19NOS. The van der Waals surface area contributed by atoms with E-state index in [-0.39, 0.29) is 18.7 Å². The van der Waals surface area contributed by atoms with Crippen molar-refractivity contribution in [1.82, 2.24) is 5.32 Å². The highest BCUT2D eigenvalue weighted by molar-refractivity contribution is 7.19. The van der Waals surface area contributed by atoms with E-state index in [1.54, 1.807) is 0 Å². The third-order valence-electron chi connectivity index (χ3n) is 3.71. The molecule has 108 valence electrons. The van der Waals surface area contributed by atoms with E-state index in [0.29, 0.717) is 0 Å².